The van der Waals surface area contributed by atoms with Crippen molar-refractivity contribution in [1.29, 1.82) is 5.41 Å². The topological polar surface area (TPSA) is 111 Å². The molecule has 3 aromatic rings. The lowest BCUT2D eigenvalue weighted by molar-refractivity contribution is -0.475. The Morgan fingerprint density at radius 2 is 2.04 bits per heavy atom. The van der Waals surface area contributed by atoms with Gasteiger partial charge in [0.15, 0.2) is 0 Å². The number of benzene rings is 1. The van der Waals surface area contributed by atoms with Gasteiger partial charge in [0.1, 0.15) is 5.56 Å². The van der Waals surface area contributed by atoms with E-state index in [1.807, 2.05) is 18.2 Å². The Morgan fingerprint density at radius 1 is 1.33 bits per heavy atom. The highest BCUT2D eigenvalue weighted by atomic mass is 16.2. The molecule has 0 bridgehead atoms. The van der Waals surface area contributed by atoms with Gasteiger partial charge in [0.2, 0.25) is 5.82 Å². The van der Waals surface area contributed by atoms with E-state index in [1.165, 1.54) is 21.1 Å². The molecule has 2 aromatic heterocycles. The summed E-state index contributed by atoms with van der Waals surface area (Å²) < 4.78 is 1.40. The third kappa shape index (κ3) is 2.59. The smallest absolute Gasteiger partial charge is 0.308 e. The number of rotatable bonds is 3. The van der Waals surface area contributed by atoms with Crippen molar-refractivity contribution in [3.63, 3.8) is 0 Å². The maximum absolute atomic E-state index is 12.6. The molecule has 0 radical (unpaired) electrons. The molecule has 4 N–H and O–H groups in total. The Balaban J connectivity index is 2.18. The van der Waals surface area contributed by atoms with Crippen LogP contribution in [0.5, 0.6) is 0 Å². The van der Waals surface area contributed by atoms with Crippen LogP contribution in [0, 0.1) is 5.41 Å². The molecule has 0 aliphatic carbocycles. The molecule has 0 unspecified atom stereocenters. The number of nitrogens with two attached hydrogens (primary N) is 1. The molecule has 1 aromatic carbocycles. The van der Waals surface area contributed by atoms with Crippen LogP contribution in [-0.4, -0.2) is 46.0 Å². The Labute approximate surface area is 137 Å². The number of amides is 2. The van der Waals surface area contributed by atoms with Crippen molar-refractivity contribution >= 4 is 29.0 Å². The molecule has 2 heterocycles. The number of pyridine rings is 1. The van der Waals surface area contributed by atoms with Gasteiger partial charge in [-0.15, -0.1) is 0 Å². The second-order valence-corrected chi connectivity index (χ2v) is 5.46. The molecule has 3 rings (SSSR count). The number of fused-ring (bicyclic) bond motifs is 1. The Kier molecular flexibility index (Phi) is 3.97. The van der Waals surface area contributed by atoms with Crippen LogP contribution in [-0.2, 0) is 0 Å². The number of carbonyl (C=O) groups excluding carboxylic acids is 1. The fraction of sp³-hybridized carbons (Fsp3) is 0.125. The van der Waals surface area contributed by atoms with E-state index in [4.69, 9.17) is 5.41 Å². The zero-order valence-corrected chi connectivity index (χ0v) is 13.3. The maximum Gasteiger partial charge on any atom is 0.421 e. The number of quaternary nitrogens is 1. The first-order valence-electron chi connectivity index (χ1n) is 7.28. The summed E-state index contributed by atoms with van der Waals surface area (Å²) >= 11 is 0. The van der Waals surface area contributed by atoms with Crippen molar-refractivity contribution < 1.29 is 10.1 Å². The minimum Gasteiger partial charge on any atom is -0.308 e. The summed E-state index contributed by atoms with van der Waals surface area (Å²) in [5.74, 6) is 0.345. The lowest BCUT2D eigenvalue weighted by atomic mass is 10.2. The van der Waals surface area contributed by atoms with E-state index in [1.54, 1.807) is 26.2 Å². The molecule has 0 saturated heterocycles. The van der Waals surface area contributed by atoms with E-state index in [2.05, 4.69) is 10.1 Å². The van der Waals surface area contributed by atoms with E-state index in [-0.39, 0.29) is 11.6 Å². The molecule has 0 aliphatic heterocycles. The molecule has 0 aliphatic rings. The number of nitrogens with one attached hydrogen (secondary N) is 2. The van der Waals surface area contributed by atoms with Gasteiger partial charge < -0.3 is 5.41 Å². The average Bonchev–Trinajstić information content (AvgIpc) is 2.92. The fourth-order valence-corrected chi connectivity index (χ4v) is 2.37. The van der Waals surface area contributed by atoms with E-state index >= 15 is 0 Å². The first-order valence-corrected chi connectivity index (χ1v) is 7.28. The summed E-state index contributed by atoms with van der Waals surface area (Å²) in [6.07, 6.45) is 2.52. The number of primary amides is 1. The summed E-state index contributed by atoms with van der Waals surface area (Å²) in [5, 5.41) is 12.4. The predicted octanol–water partition coefficient (Wildman–Crippen LogP) is 0.588. The molecule has 8 heteroatoms. The normalized spacial score (nSPS) is 10.8. The second-order valence-electron chi connectivity index (χ2n) is 5.46. The SMILES string of the molecule is CN(C)C(=O)[NH2+]c1ncc2c(=O)n(-c3ccccc3)[nH]c2c1C=N. The minimum atomic E-state index is -0.253. The third-order valence-corrected chi connectivity index (χ3v) is 3.66. The number of hydrogen-bond acceptors (Lipinski definition) is 4. The Morgan fingerprint density at radius 3 is 2.67 bits per heavy atom. The van der Waals surface area contributed by atoms with Gasteiger partial charge in [-0.05, 0) is 12.1 Å². The number of hydrogen-bond donors (Lipinski definition) is 3. The number of nitrogens with zero attached hydrogens (tertiary/aromatic N) is 3. The van der Waals surface area contributed by atoms with Gasteiger partial charge in [0, 0.05) is 26.5 Å². The number of H-pyrrole nitrogens is 1. The van der Waals surface area contributed by atoms with Crippen molar-refractivity contribution in [2.45, 2.75) is 0 Å². The maximum atomic E-state index is 12.6. The van der Waals surface area contributed by atoms with Gasteiger partial charge in [0.25, 0.3) is 5.56 Å². The standard InChI is InChI=1S/C16H16N6O2/c1-21(2)16(24)19-14-11(8-17)13-12(9-18-14)15(23)22(20-13)10-6-4-3-5-7-10/h3-9,17,20H,1-2H3,(H,18,19,24)/p+1. The molecular weight excluding hydrogens is 308 g/mol. The third-order valence-electron chi connectivity index (χ3n) is 3.66. The van der Waals surface area contributed by atoms with Crippen molar-refractivity contribution in [3.8, 4) is 5.69 Å². The minimum absolute atomic E-state index is 0.241. The number of aromatic nitrogens is 3. The van der Waals surface area contributed by atoms with E-state index in [0.29, 0.717) is 28.0 Å². The zero-order valence-electron chi connectivity index (χ0n) is 13.3. The van der Waals surface area contributed by atoms with Gasteiger partial charge in [-0.1, -0.05) is 18.2 Å². The average molecular weight is 325 g/mol. The molecule has 0 saturated carbocycles. The van der Waals surface area contributed by atoms with Gasteiger partial charge in [-0.25, -0.2) is 19.8 Å². The van der Waals surface area contributed by atoms with E-state index < -0.39 is 0 Å². The number of para-hydroxylation sites is 1. The Bertz CT molecular complexity index is 971. The second kappa shape index (κ2) is 6.09. The fourth-order valence-electron chi connectivity index (χ4n) is 2.37. The lowest BCUT2D eigenvalue weighted by Crippen LogP contribution is -2.85. The number of carbonyl (C=O) groups is 1. The highest BCUT2D eigenvalue weighted by molar-refractivity contribution is 5.99. The van der Waals surface area contributed by atoms with Crippen molar-refractivity contribution in [2.24, 2.45) is 0 Å². The van der Waals surface area contributed by atoms with Crippen molar-refractivity contribution in [3.05, 3.63) is 52.4 Å². The van der Waals surface area contributed by atoms with Crippen LogP contribution in [0.4, 0.5) is 10.6 Å². The molecular formula is C16H17N6O2+. The summed E-state index contributed by atoms with van der Waals surface area (Å²) in [5.41, 5.74) is 1.31. The van der Waals surface area contributed by atoms with Crippen LogP contribution >= 0.6 is 0 Å². The molecule has 0 spiro atoms. The lowest BCUT2D eigenvalue weighted by Gasteiger charge is -2.07. The first-order chi connectivity index (χ1) is 11.5. The molecule has 122 valence electrons. The molecule has 24 heavy (non-hydrogen) atoms. The quantitative estimate of drug-likeness (QED) is 0.613. The summed E-state index contributed by atoms with van der Waals surface area (Å²) in [4.78, 5) is 30.1. The summed E-state index contributed by atoms with van der Waals surface area (Å²) in [6.45, 7) is 0. The van der Waals surface area contributed by atoms with Gasteiger partial charge in [-0.3, -0.25) is 14.8 Å². The van der Waals surface area contributed by atoms with Crippen LogP contribution in [0.25, 0.3) is 16.6 Å². The highest BCUT2D eigenvalue weighted by Gasteiger charge is 2.20. The molecule has 8 nitrogen and oxygen atoms in total. The number of aromatic amines is 1. The van der Waals surface area contributed by atoms with Gasteiger partial charge in [-0.2, -0.15) is 0 Å². The van der Waals surface area contributed by atoms with Crippen molar-refractivity contribution in [1.82, 2.24) is 19.7 Å². The largest absolute Gasteiger partial charge is 0.421 e. The van der Waals surface area contributed by atoms with Crippen LogP contribution in [0.15, 0.2) is 41.3 Å². The van der Waals surface area contributed by atoms with Gasteiger partial charge >= 0.3 is 6.03 Å². The summed E-state index contributed by atoms with van der Waals surface area (Å²) in [7, 11) is 3.27. The van der Waals surface area contributed by atoms with Crippen LogP contribution < -0.4 is 10.9 Å². The predicted molar refractivity (Wildman–Crippen MR) is 90.2 cm³/mol. The number of urea groups is 1. The first kappa shape index (κ1) is 15.6. The van der Waals surface area contributed by atoms with E-state index in [0.717, 1.165) is 6.21 Å². The molecule has 0 fully saturated rings. The summed E-state index contributed by atoms with van der Waals surface area (Å²) in [6, 6.07) is 8.89. The van der Waals surface area contributed by atoms with E-state index in [9.17, 15) is 9.59 Å². The van der Waals surface area contributed by atoms with Crippen molar-refractivity contribution in [2.75, 3.05) is 14.1 Å². The monoisotopic (exact) mass is 325 g/mol. The molecule has 2 amide bonds. The zero-order chi connectivity index (χ0) is 17.3. The van der Waals surface area contributed by atoms with Crippen LogP contribution in [0.1, 0.15) is 5.56 Å². The van der Waals surface area contributed by atoms with Crippen LogP contribution in [0.3, 0.4) is 0 Å². The highest BCUT2D eigenvalue weighted by Crippen LogP contribution is 2.17. The Hall–Kier alpha value is -3.26. The molecule has 0 atom stereocenters. The van der Waals surface area contributed by atoms with Crippen LogP contribution in [0.2, 0.25) is 0 Å². The van der Waals surface area contributed by atoms with Gasteiger partial charge in [0.05, 0.1) is 16.6 Å².